The highest BCUT2D eigenvalue weighted by Crippen LogP contribution is 2.35. The van der Waals surface area contributed by atoms with E-state index >= 15 is 0 Å². The number of hydrogen-bond donors (Lipinski definition) is 0. The van der Waals surface area contributed by atoms with E-state index < -0.39 is 21.3 Å². The van der Waals surface area contributed by atoms with Crippen molar-refractivity contribution >= 4 is 55.0 Å². The number of rotatable bonds is 9. The first kappa shape index (κ1) is 25.8. The van der Waals surface area contributed by atoms with Crippen LogP contribution in [0.4, 0.5) is 4.79 Å². The maximum absolute atomic E-state index is 13.0. The number of imide groups is 1. The summed E-state index contributed by atoms with van der Waals surface area (Å²) in [6.45, 7) is 0.108. The highest BCUT2D eigenvalue weighted by atomic mass is 79.9. The Morgan fingerprint density at radius 2 is 1.64 bits per heavy atom. The number of methoxy groups -OCH3 is 1. The summed E-state index contributed by atoms with van der Waals surface area (Å²) in [5, 5.41) is -0.454. The van der Waals surface area contributed by atoms with Crippen molar-refractivity contribution in [2.24, 2.45) is 0 Å². The Balaban J connectivity index is 1.51. The van der Waals surface area contributed by atoms with Gasteiger partial charge in [-0.3, -0.25) is 14.5 Å². The third kappa shape index (κ3) is 5.92. The Morgan fingerprint density at radius 1 is 0.944 bits per heavy atom. The Kier molecular flexibility index (Phi) is 8.02. The van der Waals surface area contributed by atoms with Crippen molar-refractivity contribution < 1.29 is 31.7 Å². The number of para-hydroxylation sites is 2. The van der Waals surface area contributed by atoms with E-state index in [1.807, 2.05) is 0 Å². The fourth-order valence-corrected chi connectivity index (χ4v) is 5.49. The molecule has 8 nitrogen and oxygen atoms in total. The molecule has 0 saturated carbocycles. The Hall–Kier alpha value is -3.28. The predicted molar refractivity (Wildman–Crippen MR) is 140 cm³/mol. The predicted octanol–water partition coefficient (Wildman–Crippen LogP) is 5.34. The minimum atomic E-state index is -4.10. The van der Waals surface area contributed by atoms with Crippen LogP contribution in [0.15, 0.2) is 87.1 Å². The minimum absolute atomic E-state index is 0.00533. The molecule has 1 aliphatic heterocycles. The summed E-state index contributed by atoms with van der Waals surface area (Å²) in [6.07, 6.45) is 1.44. The lowest BCUT2D eigenvalue weighted by Gasteiger charge is -2.14. The first-order valence-corrected chi connectivity index (χ1v) is 13.6. The average molecular weight is 590 g/mol. The molecule has 0 N–H and O–H groups in total. The maximum Gasteiger partial charge on any atom is 0.339 e. The molecule has 0 aliphatic carbocycles. The van der Waals surface area contributed by atoms with Crippen molar-refractivity contribution in [2.45, 2.75) is 4.90 Å². The fraction of sp³-hybridized carbons (Fsp3) is 0.120. The number of hydrogen-bond acceptors (Lipinski definition) is 8. The number of carbonyl (C=O) groups excluding carboxylic acids is 2. The Labute approximate surface area is 221 Å². The molecule has 0 spiro atoms. The van der Waals surface area contributed by atoms with Gasteiger partial charge in [-0.2, -0.15) is 8.42 Å². The van der Waals surface area contributed by atoms with Gasteiger partial charge in [-0.1, -0.05) is 46.3 Å². The lowest BCUT2D eigenvalue weighted by molar-refractivity contribution is -0.123. The zero-order chi connectivity index (χ0) is 25.7. The van der Waals surface area contributed by atoms with Gasteiger partial charge in [-0.15, -0.1) is 0 Å². The first-order valence-electron chi connectivity index (χ1n) is 10.6. The van der Waals surface area contributed by atoms with Gasteiger partial charge in [0, 0.05) is 10.0 Å². The molecule has 11 heteroatoms. The number of nitrogens with zero attached hydrogens (tertiary/aromatic N) is 1. The van der Waals surface area contributed by atoms with Crippen molar-refractivity contribution in [2.75, 3.05) is 20.3 Å². The van der Waals surface area contributed by atoms with Gasteiger partial charge in [0.25, 0.3) is 11.1 Å². The number of thioether (sulfide) groups is 1. The van der Waals surface area contributed by atoms with E-state index in [1.165, 1.54) is 31.4 Å². The Morgan fingerprint density at radius 3 is 2.36 bits per heavy atom. The number of ether oxygens (including phenoxy) is 2. The van der Waals surface area contributed by atoms with Gasteiger partial charge >= 0.3 is 10.1 Å². The molecule has 0 bridgehead atoms. The molecule has 36 heavy (non-hydrogen) atoms. The molecule has 0 atom stereocenters. The van der Waals surface area contributed by atoms with Crippen molar-refractivity contribution in [3.8, 4) is 17.2 Å². The van der Waals surface area contributed by atoms with Crippen LogP contribution < -0.4 is 13.7 Å². The molecule has 1 fully saturated rings. The number of halogens is 1. The second-order valence-electron chi connectivity index (χ2n) is 7.37. The molecule has 1 heterocycles. The van der Waals surface area contributed by atoms with Gasteiger partial charge in [0.05, 0.1) is 18.6 Å². The molecule has 4 rings (SSSR count). The zero-order valence-corrected chi connectivity index (χ0v) is 22.1. The van der Waals surface area contributed by atoms with Crippen LogP contribution in [0, 0.1) is 0 Å². The highest BCUT2D eigenvalue weighted by molar-refractivity contribution is 9.10. The van der Waals surface area contributed by atoms with E-state index in [0.717, 1.165) is 16.7 Å². The van der Waals surface area contributed by atoms with Crippen LogP contribution in [0.3, 0.4) is 0 Å². The molecule has 186 valence electrons. The van der Waals surface area contributed by atoms with Gasteiger partial charge in [-0.05, 0) is 60.3 Å². The van der Waals surface area contributed by atoms with Gasteiger partial charge < -0.3 is 13.7 Å². The maximum atomic E-state index is 13.0. The topological polar surface area (TPSA) is 99.2 Å². The highest BCUT2D eigenvalue weighted by Gasteiger charge is 2.35. The van der Waals surface area contributed by atoms with Crippen LogP contribution in [-0.4, -0.2) is 44.7 Å². The molecule has 1 aliphatic rings. The standard InChI is InChI=1S/C25H20BrNO7S2/c1-32-21-9-5-6-10-22(21)33-14-13-27-24(28)23(35-25(27)29)16-17-15-18(26)11-12-20(17)34-36(30,31)19-7-3-2-4-8-19/h2-12,15-16H,13-14H2,1H3/b23-16-. The number of amides is 2. The summed E-state index contributed by atoms with van der Waals surface area (Å²) in [5.74, 6) is 0.552. The van der Waals surface area contributed by atoms with Gasteiger partial charge in [-0.25, -0.2) is 0 Å². The molecule has 3 aromatic carbocycles. The van der Waals surface area contributed by atoms with E-state index in [0.29, 0.717) is 21.5 Å². The van der Waals surface area contributed by atoms with Crippen LogP contribution in [0.2, 0.25) is 0 Å². The van der Waals surface area contributed by atoms with Crippen LogP contribution in [0.5, 0.6) is 17.2 Å². The average Bonchev–Trinajstić information content (AvgIpc) is 3.13. The molecule has 0 radical (unpaired) electrons. The largest absolute Gasteiger partial charge is 0.493 e. The van der Waals surface area contributed by atoms with Crippen molar-refractivity contribution in [3.05, 3.63) is 87.7 Å². The van der Waals surface area contributed by atoms with Gasteiger partial charge in [0.1, 0.15) is 17.3 Å². The van der Waals surface area contributed by atoms with E-state index in [9.17, 15) is 18.0 Å². The SMILES string of the molecule is COc1ccccc1OCCN1C(=O)S/C(=C\c2cc(Br)ccc2OS(=O)(=O)c2ccccc2)C1=O. The molecular formula is C25H20BrNO7S2. The van der Waals surface area contributed by atoms with Crippen LogP contribution >= 0.6 is 27.7 Å². The van der Waals surface area contributed by atoms with E-state index in [2.05, 4.69) is 15.9 Å². The van der Waals surface area contributed by atoms with Crippen LogP contribution in [-0.2, 0) is 14.9 Å². The van der Waals surface area contributed by atoms with Gasteiger partial charge in [0.2, 0.25) is 0 Å². The molecule has 0 unspecified atom stereocenters. The fourth-order valence-electron chi connectivity index (χ4n) is 3.28. The molecular weight excluding hydrogens is 570 g/mol. The summed E-state index contributed by atoms with van der Waals surface area (Å²) >= 11 is 4.10. The summed E-state index contributed by atoms with van der Waals surface area (Å²) in [6, 6.07) is 19.5. The molecule has 0 aromatic heterocycles. The second kappa shape index (κ2) is 11.2. The third-order valence-electron chi connectivity index (χ3n) is 5.00. The summed E-state index contributed by atoms with van der Waals surface area (Å²) in [7, 11) is -2.58. The summed E-state index contributed by atoms with van der Waals surface area (Å²) < 4.78 is 42.3. The lowest BCUT2D eigenvalue weighted by atomic mass is 10.2. The van der Waals surface area contributed by atoms with E-state index in [1.54, 1.807) is 54.6 Å². The summed E-state index contributed by atoms with van der Waals surface area (Å²) in [5.41, 5.74) is 0.319. The molecule has 1 saturated heterocycles. The second-order valence-corrected chi connectivity index (χ2v) is 10.8. The molecule has 2 amide bonds. The van der Waals surface area contributed by atoms with E-state index in [-0.39, 0.29) is 28.7 Å². The minimum Gasteiger partial charge on any atom is -0.493 e. The quantitative estimate of drug-likeness (QED) is 0.243. The third-order valence-corrected chi connectivity index (χ3v) is 7.65. The number of benzene rings is 3. The van der Waals surface area contributed by atoms with Crippen molar-refractivity contribution in [1.82, 2.24) is 4.90 Å². The Bertz CT molecular complexity index is 1430. The van der Waals surface area contributed by atoms with Crippen molar-refractivity contribution in [1.29, 1.82) is 0 Å². The van der Waals surface area contributed by atoms with Crippen molar-refractivity contribution in [3.63, 3.8) is 0 Å². The van der Waals surface area contributed by atoms with E-state index in [4.69, 9.17) is 13.7 Å². The lowest BCUT2D eigenvalue weighted by Crippen LogP contribution is -2.32. The number of carbonyl (C=O) groups is 2. The van der Waals surface area contributed by atoms with Crippen LogP contribution in [0.1, 0.15) is 5.56 Å². The smallest absolute Gasteiger partial charge is 0.339 e. The zero-order valence-electron chi connectivity index (χ0n) is 18.9. The van der Waals surface area contributed by atoms with Crippen LogP contribution in [0.25, 0.3) is 6.08 Å². The van der Waals surface area contributed by atoms with Gasteiger partial charge in [0.15, 0.2) is 11.5 Å². The normalized spacial score (nSPS) is 14.8. The summed E-state index contributed by atoms with van der Waals surface area (Å²) in [4.78, 5) is 26.7. The monoisotopic (exact) mass is 589 g/mol. The molecule has 3 aromatic rings. The first-order chi connectivity index (χ1) is 17.3.